The monoisotopic (exact) mass is 392 g/mol. The standard InChI is InChI=1S/C20H36N6O2/c1-6-17-16(18(7-2)25(5)24-17)14-22-19(21-8-3)23-15-10-12-26(13-11-15)20(27)28-9-4/h15H,6-14H2,1-5H3,(H2,21,22,23). The number of nitrogens with one attached hydrogen (secondary N) is 2. The van der Waals surface area contributed by atoms with Crippen LogP contribution in [-0.4, -0.2) is 59.0 Å². The number of nitrogens with zero attached hydrogens (tertiary/aromatic N) is 4. The fourth-order valence-electron chi connectivity index (χ4n) is 3.67. The lowest BCUT2D eigenvalue weighted by molar-refractivity contribution is 0.0963. The third-order valence-electron chi connectivity index (χ3n) is 5.13. The van der Waals surface area contributed by atoms with Gasteiger partial charge in [-0.3, -0.25) is 4.68 Å². The topological polar surface area (TPSA) is 83.8 Å². The molecule has 0 radical (unpaired) electrons. The second-order valence-electron chi connectivity index (χ2n) is 7.00. The number of carbonyl (C=O) groups excluding carboxylic acids is 1. The zero-order valence-corrected chi connectivity index (χ0v) is 18.0. The number of piperidine rings is 1. The molecule has 0 bridgehead atoms. The minimum atomic E-state index is -0.211. The van der Waals surface area contributed by atoms with Gasteiger partial charge in [-0.25, -0.2) is 9.79 Å². The number of amides is 1. The summed E-state index contributed by atoms with van der Waals surface area (Å²) < 4.78 is 7.07. The van der Waals surface area contributed by atoms with Gasteiger partial charge >= 0.3 is 6.09 Å². The molecule has 1 fully saturated rings. The van der Waals surface area contributed by atoms with Gasteiger partial charge in [0.05, 0.1) is 18.8 Å². The number of carbonyl (C=O) groups is 1. The van der Waals surface area contributed by atoms with Crippen LogP contribution >= 0.6 is 0 Å². The first-order valence-corrected chi connectivity index (χ1v) is 10.5. The Bertz CT molecular complexity index is 662. The Labute approximate surface area is 168 Å². The molecule has 8 nitrogen and oxygen atoms in total. The van der Waals surface area contributed by atoms with E-state index in [0.717, 1.165) is 43.9 Å². The van der Waals surface area contributed by atoms with Crippen molar-refractivity contribution >= 4 is 12.1 Å². The zero-order valence-electron chi connectivity index (χ0n) is 18.0. The van der Waals surface area contributed by atoms with Gasteiger partial charge in [0.25, 0.3) is 0 Å². The van der Waals surface area contributed by atoms with Gasteiger partial charge in [0.2, 0.25) is 0 Å². The molecule has 0 atom stereocenters. The molecule has 2 heterocycles. The molecule has 0 saturated carbocycles. The molecular weight excluding hydrogens is 356 g/mol. The smallest absolute Gasteiger partial charge is 0.409 e. The number of aryl methyl sites for hydroxylation is 2. The molecule has 158 valence electrons. The molecule has 2 rings (SSSR count). The van der Waals surface area contributed by atoms with Crippen LogP contribution in [0.5, 0.6) is 0 Å². The van der Waals surface area contributed by atoms with Crippen LogP contribution in [0.25, 0.3) is 0 Å². The first kappa shape index (κ1) is 22.0. The van der Waals surface area contributed by atoms with E-state index >= 15 is 0 Å². The molecule has 0 aromatic carbocycles. The lowest BCUT2D eigenvalue weighted by Crippen LogP contribution is -2.49. The quantitative estimate of drug-likeness (QED) is 0.549. The van der Waals surface area contributed by atoms with Crippen LogP contribution in [0.4, 0.5) is 4.79 Å². The van der Waals surface area contributed by atoms with Crippen LogP contribution in [0, 0.1) is 0 Å². The normalized spacial score (nSPS) is 15.6. The molecule has 0 aliphatic carbocycles. The van der Waals surface area contributed by atoms with Crippen molar-refractivity contribution in [2.24, 2.45) is 12.0 Å². The zero-order chi connectivity index (χ0) is 20.5. The lowest BCUT2D eigenvalue weighted by Gasteiger charge is -2.32. The van der Waals surface area contributed by atoms with E-state index in [1.54, 1.807) is 4.90 Å². The SMILES string of the molecule is CCNC(=NCc1c(CC)nn(C)c1CC)NC1CCN(C(=O)OCC)CC1. The Kier molecular flexibility index (Phi) is 8.60. The molecule has 28 heavy (non-hydrogen) atoms. The highest BCUT2D eigenvalue weighted by molar-refractivity contribution is 5.80. The second kappa shape index (κ2) is 10.9. The Hall–Kier alpha value is -2.25. The Balaban J connectivity index is 2.00. The van der Waals surface area contributed by atoms with Gasteiger partial charge in [-0.05, 0) is 39.5 Å². The highest BCUT2D eigenvalue weighted by Gasteiger charge is 2.24. The summed E-state index contributed by atoms with van der Waals surface area (Å²) in [7, 11) is 2.01. The maximum Gasteiger partial charge on any atom is 0.409 e. The van der Waals surface area contributed by atoms with Crippen molar-refractivity contribution in [2.45, 2.75) is 66.0 Å². The van der Waals surface area contributed by atoms with E-state index in [2.05, 4.69) is 36.5 Å². The largest absolute Gasteiger partial charge is 0.450 e. The number of likely N-dealkylation sites (tertiary alicyclic amines) is 1. The third kappa shape index (κ3) is 5.62. The van der Waals surface area contributed by atoms with Gasteiger partial charge < -0.3 is 20.3 Å². The lowest BCUT2D eigenvalue weighted by atomic mass is 10.1. The summed E-state index contributed by atoms with van der Waals surface area (Å²) in [6.45, 7) is 11.5. The number of hydrogen-bond donors (Lipinski definition) is 2. The van der Waals surface area contributed by atoms with E-state index in [1.165, 1.54) is 11.3 Å². The Morgan fingerprint density at radius 1 is 1.21 bits per heavy atom. The predicted octanol–water partition coefficient (Wildman–Crippen LogP) is 2.22. The van der Waals surface area contributed by atoms with Crippen LogP contribution in [-0.2, 0) is 31.2 Å². The number of hydrogen-bond acceptors (Lipinski definition) is 4. The number of ether oxygens (including phenoxy) is 1. The van der Waals surface area contributed by atoms with E-state index in [-0.39, 0.29) is 6.09 Å². The molecule has 0 unspecified atom stereocenters. The van der Waals surface area contributed by atoms with E-state index < -0.39 is 0 Å². The highest BCUT2D eigenvalue weighted by Crippen LogP contribution is 2.17. The molecule has 1 amide bonds. The van der Waals surface area contributed by atoms with Crippen molar-refractivity contribution in [3.05, 3.63) is 17.0 Å². The summed E-state index contributed by atoms with van der Waals surface area (Å²) in [5.74, 6) is 0.824. The average Bonchev–Trinajstić information content (AvgIpc) is 3.01. The number of aliphatic imine (C=N–C) groups is 1. The van der Waals surface area contributed by atoms with Crippen LogP contribution < -0.4 is 10.6 Å². The van der Waals surface area contributed by atoms with Crippen LogP contribution in [0.1, 0.15) is 57.5 Å². The van der Waals surface area contributed by atoms with Gasteiger partial charge in [0.1, 0.15) is 0 Å². The van der Waals surface area contributed by atoms with E-state index in [9.17, 15) is 4.79 Å². The molecule has 0 spiro atoms. The summed E-state index contributed by atoms with van der Waals surface area (Å²) in [4.78, 5) is 18.5. The van der Waals surface area contributed by atoms with E-state index in [4.69, 9.17) is 9.73 Å². The van der Waals surface area contributed by atoms with Crippen molar-refractivity contribution in [1.82, 2.24) is 25.3 Å². The fraction of sp³-hybridized carbons (Fsp3) is 0.750. The highest BCUT2D eigenvalue weighted by atomic mass is 16.6. The third-order valence-corrected chi connectivity index (χ3v) is 5.13. The molecule has 8 heteroatoms. The maximum absolute atomic E-state index is 11.9. The minimum absolute atomic E-state index is 0.211. The van der Waals surface area contributed by atoms with Crippen LogP contribution in [0.3, 0.4) is 0 Å². The van der Waals surface area contributed by atoms with E-state index in [0.29, 0.717) is 32.3 Å². The molecule has 1 aliphatic rings. The van der Waals surface area contributed by atoms with Crippen molar-refractivity contribution in [3.8, 4) is 0 Å². The van der Waals surface area contributed by atoms with Gasteiger partial charge in [0, 0.05) is 44.0 Å². The Morgan fingerprint density at radius 2 is 1.93 bits per heavy atom. The van der Waals surface area contributed by atoms with Crippen LogP contribution in [0.15, 0.2) is 4.99 Å². The van der Waals surface area contributed by atoms with Crippen molar-refractivity contribution in [3.63, 3.8) is 0 Å². The second-order valence-corrected chi connectivity index (χ2v) is 7.00. The van der Waals surface area contributed by atoms with Gasteiger partial charge in [-0.1, -0.05) is 13.8 Å². The van der Waals surface area contributed by atoms with Gasteiger partial charge in [-0.15, -0.1) is 0 Å². The number of aromatic nitrogens is 2. The molecule has 2 N–H and O–H groups in total. The number of rotatable bonds is 7. The molecular formula is C20H36N6O2. The molecule has 1 aliphatic heterocycles. The summed E-state index contributed by atoms with van der Waals surface area (Å²) in [6.07, 6.45) is 3.42. The maximum atomic E-state index is 11.9. The van der Waals surface area contributed by atoms with Crippen molar-refractivity contribution in [2.75, 3.05) is 26.2 Å². The van der Waals surface area contributed by atoms with Gasteiger partial charge in [0.15, 0.2) is 5.96 Å². The first-order chi connectivity index (χ1) is 13.5. The summed E-state index contributed by atoms with van der Waals surface area (Å²) >= 11 is 0. The average molecular weight is 393 g/mol. The van der Waals surface area contributed by atoms with Crippen molar-refractivity contribution < 1.29 is 9.53 Å². The molecule has 1 saturated heterocycles. The van der Waals surface area contributed by atoms with Gasteiger partial charge in [-0.2, -0.15) is 5.10 Å². The van der Waals surface area contributed by atoms with Crippen LogP contribution in [0.2, 0.25) is 0 Å². The fourth-order valence-corrected chi connectivity index (χ4v) is 3.67. The summed E-state index contributed by atoms with van der Waals surface area (Å²) in [5, 5.41) is 11.5. The summed E-state index contributed by atoms with van der Waals surface area (Å²) in [6, 6.07) is 0.300. The summed E-state index contributed by atoms with van der Waals surface area (Å²) in [5.41, 5.74) is 3.61. The van der Waals surface area contributed by atoms with Crippen molar-refractivity contribution in [1.29, 1.82) is 0 Å². The number of guanidine groups is 1. The molecule has 1 aromatic rings. The minimum Gasteiger partial charge on any atom is -0.450 e. The van der Waals surface area contributed by atoms with E-state index in [1.807, 2.05) is 18.7 Å². The molecule has 1 aromatic heterocycles. The Morgan fingerprint density at radius 3 is 2.50 bits per heavy atom. The predicted molar refractivity (Wildman–Crippen MR) is 112 cm³/mol. The first-order valence-electron chi connectivity index (χ1n) is 10.5.